The summed E-state index contributed by atoms with van der Waals surface area (Å²) < 4.78 is 5.84. The van der Waals surface area contributed by atoms with Crippen molar-refractivity contribution in [2.75, 3.05) is 25.0 Å². The molecule has 0 aromatic carbocycles. The Morgan fingerprint density at radius 2 is 2.33 bits per heavy atom. The molecule has 2 heterocycles. The van der Waals surface area contributed by atoms with E-state index in [9.17, 15) is 4.79 Å². The molecule has 0 radical (unpaired) electrons. The van der Waals surface area contributed by atoms with E-state index in [0.29, 0.717) is 18.7 Å². The molecule has 0 spiro atoms. The third-order valence-electron chi connectivity index (χ3n) is 4.36. The molecule has 2 unspecified atom stereocenters. The van der Waals surface area contributed by atoms with Crippen LogP contribution in [0.2, 0.25) is 0 Å². The van der Waals surface area contributed by atoms with Crippen LogP contribution >= 0.6 is 0 Å². The molecule has 1 aromatic heterocycles. The number of fused-ring (bicyclic) bond motifs is 1. The van der Waals surface area contributed by atoms with Crippen molar-refractivity contribution in [3.63, 3.8) is 0 Å². The van der Waals surface area contributed by atoms with E-state index >= 15 is 0 Å². The smallest absolute Gasteiger partial charge is 0.254 e. The zero-order valence-corrected chi connectivity index (χ0v) is 12.5. The van der Waals surface area contributed by atoms with E-state index in [1.165, 1.54) is 12.8 Å². The maximum Gasteiger partial charge on any atom is 0.254 e. The van der Waals surface area contributed by atoms with Crippen molar-refractivity contribution in [1.82, 2.24) is 9.88 Å². The minimum Gasteiger partial charge on any atom is -0.374 e. The summed E-state index contributed by atoms with van der Waals surface area (Å²) in [6, 6.07) is 3.89. The molecule has 1 aromatic rings. The summed E-state index contributed by atoms with van der Waals surface area (Å²) >= 11 is 0. The number of carbonyl (C=O) groups excluding carboxylic acids is 1. The molecule has 1 amide bonds. The van der Waals surface area contributed by atoms with Crippen LogP contribution in [0, 0.1) is 0 Å². The van der Waals surface area contributed by atoms with E-state index in [-0.39, 0.29) is 18.1 Å². The second-order valence-corrected chi connectivity index (χ2v) is 5.72. The van der Waals surface area contributed by atoms with Crippen LogP contribution in [0.3, 0.4) is 0 Å². The Bertz CT molecular complexity index is 504. The van der Waals surface area contributed by atoms with Gasteiger partial charge in [0.25, 0.3) is 5.91 Å². The molecular weight excluding hydrogens is 266 g/mol. The van der Waals surface area contributed by atoms with Gasteiger partial charge in [0, 0.05) is 24.8 Å². The molecule has 5 heteroatoms. The number of hydrogen-bond acceptors (Lipinski definition) is 4. The first-order valence-corrected chi connectivity index (χ1v) is 7.92. The van der Waals surface area contributed by atoms with E-state index in [2.05, 4.69) is 10.3 Å². The van der Waals surface area contributed by atoms with E-state index in [4.69, 9.17) is 4.74 Å². The molecule has 3 rings (SSSR count). The molecule has 1 saturated heterocycles. The Labute approximate surface area is 125 Å². The van der Waals surface area contributed by atoms with Crippen LogP contribution in [0.1, 0.15) is 43.0 Å². The Kier molecular flexibility index (Phi) is 4.39. The topological polar surface area (TPSA) is 54.5 Å². The molecule has 2 aliphatic rings. The molecule has 114 valence electrons. The standard InChI is InChI=1S/C16H23N3O2/c1-2-17-15-11-12(7-8-18-15)16(20)19-9-10-21-14-6-4-3-5-13(14)19/h7-8,11,13-14H,2-6,9-10H2,1H3,(H,17,18). The van der Waals surface area contributed by atoms with Crippen LogP contribution in [0.5, 0.6) is 0 Å². The van der Waals surface area contributed by atoms with Gasteiger partial charge >= 0.3 is 0 Å². The van der Waals surface area contributed by atoms with Crippen molar-refractivity contribution in [2.24, 2.45) is 0 Å². The summed E-state index contributed by atoms with van der Waals surface area (Å²) in [5.41, 5.74) is 0.715. The quantitative estimate of drug-likeness (QED) is 0.927. The minimum atomic E-state index is 0.108. The van der Waals surface area contributed by atoms with Crippen molar-refractivity contribution < 1.29 is 9.53 Å². The molecule has 0 bridgehead atoms. The van der Waals surface area contributed by atoms with E-state index in [1.54, 1.807) is 12.3 Å². The van der Waals surface area contributed by atoms with Crippen LogP contribution in [0.15, 0.2) is 18.3 Å². The molecule has 2 atom stereocenters. The van der Waals surface area contributed by atoms with E-state index in [0.717, 1.165) is 25.2 Å². The molecule has 1 aliphatic carbocycles. The number of pyridine rings is 1. The number of carbonyl (C=O) groups is 1. The Morgan fingerprint density at radius 1 is 1.48 bits per heavy atom. The molecule has 5 nitrogen and oxygen atoms in total. The first-order valence-electron chi connectivity index (χ1n) is 7.92. The van der Waals surface area contributed by atoms with Gasteiger partial charge in [-0.25, -0.2) is 4.98 Å². The first kappa shape index (κ1) is 14.3. The normalized spacial score (nSPS) is 25.3. The van der Waals surface area contributed by atoms with Crippen LogP contribution < -0.4 is 5.32 Å². The van der Waals surface area contributed by atoms with Crippen LogP contribution in [-0.4, -0.2) is 47.6 Å². The number of ether oxygens (including phenoxy) is 1. The van der Waals surface area contributed by atoms with E-state index in [1.807, 2.05) is 17.9 Å². The van der Waals surface area contributed by atoms with Gasteiger partial charge in [0.1, 0.15) is 5.82 Å². The average molecular weight is 289 g/mol. The van der Waals surface area contributed by atoms with Gasteiger partial charge in [0.05, 0.1) is 18.8 Å². The number of nitrogens with zero attached hydrogens (tertiary/aromatic N) is 2. The minimum absolute atomic E-state index is 0.108. The fraction of sp³-hybridized carbons (Fsp3) is 0.625. The maximum atomic E-state index is 12.8. The Hall–Kier alpha value is -1.62. The van der Waals surface area contributed by atoms with E-state index < -0.39 is 0 Å². The highest BCUT2D eigenvalue weighted by Crippen LogP contribution is 2.29. The number of amides is 1. The summed E-state index contributed by atoms with van der Waals surface area (Å²) in [7, 11) is 0. The van der Waals surface area contributed by atoms with Gasteiger partial charge in [-0.3, -0.25) is 4.79 Å². The molecule has 2 fully saturated rings. The van der Waals surface area contributed by atoms with Crippen LogP contribution in [-0.2, 0) is 4.74 Å². The average Bonchev–Trinajstić information content (AvgIpc) is 2.54. The highest BCUT2D eigenvalue weighted by molar-refractivity contribution is 5.95. The monoisotopic (exact) mass is 289 g/mol. The third-order valence-corrected chi connectivity index (χ3v) is 4.36. The fourth-order valence-corrected chi connectivity index (χ4v) is 3.36. The van der Waals surface area contributed by atoms with Crippen molar-refractivity contribution >= 4 is 11.7 Å². The van der Waals surface area contributed by atoms with Crippen LogP contribution in [0.25, 0.3) is 0 Å². The largest absolute Gasteiger partial charge is 0.374 e. The Morgan fingerprint density at radius 3 is 3.19 bits per heavy atom. The SMILES string of the molecule is CCNc1cc(C(=O)N2CCOC3CCCCC32)ccn1. The molecular formula is C16H23N3O2. The number of nitrogens with one attached hydrogen (secondary N) is 1. The highest BCUT2D eigenvalue weighted by Gasteiger charge is 2.36. The van der Waals surface area contributed by atoms with Gasteiger partial charge < -0.3 is 15.0 Å². The van der Waals surface area contributed by atoms with Crippen LogP contribution in [0.4, 0.5) is 5.82 Å². The Balaban J connectivity index is 1.78. The maximum absolute atomic E-state index is 12.8. The second-order valence-electron chi connectivity index (χ2n) is 5.72. The number of hydrogen-bond donors (Lipinski definition) is 1. The fourth-order valence-electron chi connectivity index (χ4n) is 3.36. The first-order chi connectivity index (χ1) is 10.3. The lowest BCUT2D eigenvalue weighted by molar-refractivity contribution is -0.0752. The van der Waals surface area contributed by atoms with Gasteiger partial charge in [0.15, 0.2) is 0 Å². The zero-order valence-electron chi connectivity index (χ0n) is 12.5. The summed E-state index contributed by atoms with van der Waals surface area (Å²) in [6.45, 7) is 4.16. The third kappa shape index (κ3) is 3.02. The van der Waals surface area contributed by atoms with Gasteiger partial charge in [-0.05, 0) is 31.9 Å². The number of anilines is 1. The van der Waals surface area contributed by atoms with Gasteiger partial charge in [-0.1, -0.05) is 12.8 Å². The second kappa shape index (κ2) is 6.43. The summed E-state index contributed by atoms with van der Waals surface area (Å²) in [6.07, 6.45) is 6.46. The number of aromatic nitrogens is 1. The lowest BCUT2D eigenvalue weighted by Gasteiger charge is -2.43. The van der Waals surface area contributed by atoms with Crippen molar-refractivity contribution in [1.29, 1.82) is 0 Å². The highest BCUT2D eigenvalue weighted by atomic mass is 16.5. The number of rotatable bonds is 3. The van der Waals surface area contributed by atoms with Gasteiger partial charge in [0.2, 0.25) is 0 Å². The molecule has 21 heavy (non-hydrogen) atoms. The summed E-state index contributed by atoms with van der Waals surface area (Å²) in [4.78, 5) is 19.1. The molecule has 1 saturated carbocycles. The van der Waals surface area contributed by atoms with Gasteiger partial charge in [-0.15, -0.1) is 0 Å². The van der Waals surface area contributed by atoms with Crippen molar-refractivity contribution in [2.45, 2.75) is 44.8 Å². The molecule has 1 aliphatic heterocycles. The van der Waals surface area contributed by atoms with Gasteiger partial charge in [-0.2, -0.15) is 0 Å². The predicted molar refractivity (Wildman–Crippen MR) is 81.4 cm³/mol. The lowest BCUT2D eigenvalue weighted by atomic mass is 9.90. The van der Waals surface area contributed by atoms with Crippen molar-refractivity contribution in [3.05, 3.63) is 23.9 Å². The van der Waals surface area contributed by atoms with Crippen molar-refractivity contribution in [3.8, 4) is 0 Å². The summed E-state index contributed by atoms with van der Waals surface area (Å²) in [5, 5.41) is 3.16. The zero-order chi connectivity index (χ0) is 14.7. The summed E-state index contributed by atoms with van der Waals surface area (Å²) in [5.74, 6) is 0.869. The molecule has 1 N–H and O–H groups in total. The number of morpholine rings is 1. The predicted octanol–water partition coefficient (Wildman–Crippen LogP) is 2.30. The lowest BCUT2D eigenvalue weighted by Crippen LogP contribution is -2.54.